The molecule has 3 N–H and O–H groups in total. The molecule has 103 heavy (non-hydrogen) atoms. The minimum absolute atomic E-state index is 0.105. The van der Waals surface area contributed by atoms with Gasteiger partial charge < -0.3 is 33.8 Å². The number of phosphoric acid groups is 2. The van der Waals surface area contributed by atoms with Crippen LogP contribution in [0.25, 0.3) is 0 Å². The van der Waals surface area contributed by atoms with Gasteiger partial charge in [-0.25, -0.2) is 9.13 Å². The number of ether oxygens (including phenoxy) is 4. The van der Waals surface area contributed by atoms with Gasteiger partial charge in [-0.05, 0) is 49.4 Å². The summed E-state index contributed by atoms with van der Waals surface area (Å²) in [7, 11) is -9.92. The van der Waals surface area contributed by atoms with E-state index in [9.17, 15) is 43.2 Å². The number of hydrogen-bond acceptors (Lipinski definition) is 15. The fourth-order valence-corrected chi connectivity index (χ4v) is 14.5. The van der Waals surface area contributed by atoms with Gasteiger partial charge in [0.15, 0.2) is 12.2 Å². The molecule has 0 amide bonds. The fourth-order valence-electron chi connectivity index (χ4n) is 12.9. The van der Waals surface area contributed by atoms with E-state index in [1.54, 1.807) is 0 Å². The third-order valence-corrected chi connectivity index (χ3v) is 22.2. The molecule has 0 aliphatic heterocycles. The fraction of sp³-hybridized carbons (Fsp3) is 0.952. The highest BCUT2D eigenvalue weighted by Crippen LogP contribution is 2.45. The average molecular weight is 1510 g/mol. The van der Waals surface area contributed by atoms with Crippen molar-refractivity contribution in [1.29, 1.82) is 0 Å². The molecule has 0 aliphatic rings. The highest BCUT2D eigenvalue weighted by Gasteiger charge is 2.30. The molecule has 4 unspecified atom stereocenters. The predicted molar refractivity (Wildman–Crippen MR) is 423 cm³/mol. The number of carbonyl (C=O) groups excluding carboxylic acids is 4. The smallest absolute Gasteiger partial charge is 0.462 e. The van der Waals surface area contributed by atoms with Crippen molar-refractivity contribution >= 4 is 39.5 Å². The minimum atomic E-state index is -4.97. The largest absolute Gasteiger partial charge is 0.472 e. The molecular formula is C84H164O17P2. The summed E-state index contributed by atoms with van der Waals surface area (Å²) in [5.41, 5.74) is 0. The first-order valence-electron chi connectivity index (χ1n) is 43.3. The molecule has 0 bridgehead atoms. The molecule has 19 heteroatoms. The van der Waals surface area contributed by atoms with Gasteiger partial charge in [-0.1, -0.05) is 383 Å². The van der Waals surface area contributed by atoms with E-state index in [-0.39, 0.29) is 25.7 Å². The summed E-state index contributed by atoms with van der Waals surface area (Å²) < 4.78 is 68.8. The first-order chi connectivity index (χ1) is 49.7. The van der Waals surface area contributed by atoms with Crippen molar-refractivity contribution < 1.29 is 80.2 Å². The van der Waals surface area contributed by atoms with Crippen molar-refractivity contribution in [2.75, 3.05) is 39.6 Å². The van der Waals surface area contributed by atoms with Crippen molar-refractivity contribution in [3.63, 3.8) is 0 Å². The van der Waals surface area contributed by atoms with Crippen LogP contribution >= 0.6 is 15.6 Å². The zero-order valence-corrected chi connectivity index (χ0v) is 69.7. The molecule has 0 heterocycles. The van der Waals surface area contributed by atoms with Crippen LogP contribution in [0, 0.1) is 23.7 Å². The quantitative estimate of drug-likeness (QED) is 0.0222. The summed E-state index contributed by atoms with van der Waals surface area (Å²) in [6.45, 7) is 14.3. The summed E-state index contributed by atoms with van der Waals surface area (Å²) in [4.78, 5) is 73.1. The van der Waals surface area contributed by atoms with Crippen molar-refractivity contribution in [1.82, 2.24) is 0 Å². The van der Waals surface area contributed by atoms with Gasteiger partial charge in [-0.2, -0.15) is 0 Å². The van der Waals surface area contributed by atoms with Crippen LogP contribution in [0.4, 0.5) is 0 Å². The molecule has 0 spiro atoms. The molecule has 7 atom stereocenters. The molecular weight excluding hydrogens is 1340 g/mol. The number of rotatable bonds is 81. The topological polar surface area (TPSA) is 237 Å². The van der Waals surface area contributed by atoms with Crippen molar-refractivity contribution in [2.24, 2.45) is 23.7 Å². The van der Waals surface area contributed by atoms with Crippen LogP contribution in [0.1, 0.15) is 434 Å². The SMILES string of the molecule is CCC(C)CCCCCCCCCCCCCCCCCCCCC(=O)O[C@H](COC(=O)CCCCCCCCCCCCCCCCC(C)CC)COP(=O)(O)OC[C@@H](O)COP(=O)(O)OC[C@@H](COC(=O)CCCCCCCCC(C)C)OC(=O)CCCCCCCCCCCCCC(C)C. The molecule has 0 saturated heterocycles. The molecule has 0 aromatic heterocycles. The molecule has 17 nitrogen and oxygen atoms in total. The summed E-state index contributed by atoms with van der Waals surface area (Å²) in [6.07, 6.45) is 61.2. The summed E-state index contributed by atoms with van der Waals surface area (Å²) in [5, 5.41) is 10.7. The van der Waals surface area contributed by atoms with E-state index in [2.05, 4.69) is 55.4 Å². The number of carbonyl (C=O) groups is 4. The van der Waals surface area contributed by atoms with Crippen LogP contribution in [0.15, 0.2) is 0 Å². The Bertz CT molecular complexity index is 2010. The summed E-state index contributed by atoms with van der Waals surface area (Å²) in [5.74, 6) is 1.05. The maximum absolute atomic E-state index is 13.1. The van der Waals surface area contributed by atoms with Gasteiger partial charge in [-0.3, -0.25) is 37.3 Å². The van der Waals surface area contributed by atoms with Crippen molar-refractivity contribution in [3.05, 3.63) is 0 Å². The van der Waals surface area contributed by atoms with Gasteiger partial charge in [0.25, 0.3) is 0 Å². The highest BCUT2D eigenvalue weighted by molar-refractivity contribution is 7.47. The van der Waals surface area contributed by atoms with Gasteiger partial charge in [0, 0.05) is 25.7 Å². The monoisotopic (exact) mass is 1510 g/mol. The van der Waals surface area contributed by atoms with E-state index in [0.29, 0.717) is 31.6 Å². The van der Waals surface area contributed by atoms with E-state index in [4.69, 9.17) is 37.0 Å². The van der Waals surface area contributed by atoms with Crippen LogP contribution in [0.5, 0.6) is 0 Å². The Morgan fingerprint density at radius 1 is 0.272 bits per heavy atom. The molecule has 0 aromatic rings. The second-order valence-electron chi connectivity index (χ2n) is 31.7. The third-order valence-electron chi connectivity index (χ3n) is 20.3. The standard InChI is InChI=1S/C84H164O17P2/c1-9-76(7)62-54-46-37-31-25-19-15-13-11-12-14-16-22-28-34-40-50-58-66-83(88)100-79(70-94-81(86)64-56-48-39-33-27-21-18-17-20-26-32-38-47-55-63-77(8)10-2)72-98-102(90,91)96-68-78(85)69-97-103(92,93)99-73-80(71-95-82(87)65-57-49-43-42-45-53-61-75(5)6)101-84(89)67-59-51-41-35-29-23-24-30-36-44-52-60-74(3)4/h74-80,85H,9-73H2,1-8H3,(H,90,91)(H,92,93)/t76?,77?,78-,79-,80-/m1/s1. The Hall–Kier alpha value is -1.94. The van der Waals surface area contributed by atoms with E-state index in [0.717, 1.165) is 114 Å². The zero-order valence-electron chi connectivity index (χ0n) is 68.0. The van der Waals surface area contributed by atoms with E-state index < -0.39 is 97.5 Å². The third kappa shape index (κ3) is 75.3. The number of unbranched alkanes of at least 4 members (excludes halogenated alkanes) is 45. The van der Waals surface area contributed by atoms with Crippen LogP contribution in [-0.4, -0.2) is 96.7 Å². The second kappa shape index (κ2) is 72.9. The lowest BCUT2D eigenvalue weighted by atomic mass is 9.99. The Morgan fingerprint density at radius 3 is 0.689 bits per heavy atom. The number of esters is 4. The Labute approximate surface area is 632 Å². The molecule has 612 valence electrons. The molecule has 0 aromatic carbocycles. The Kier molecular flexibility index (Phi) is 71.5. The first kappa shape index (κ1) is 101. The average Bonchev–Trinajstić information content (AvgIpc) is 0.918. The second-order valence-corrected chi connectivity index (χ2v) is 34.6. The molecule has 0 saturated carbocycles. The zero-order chi connectivity index (χ0) is 76.0. The number of aliphatic hydroxyl groups is 1. The molecule has 0 rings (SSSR count). The maximum Gasteiger partial charge on any atom is 0.472 e. The molecule has 0 aliphatic carbocycles. The predicted octanol–water partition coefficient (Wildman–Crippen LogP) is 25.2. The lowest BCUT2D eigenvalue weighted by molar-refractivity contribution is -0.161. The van der Waals surface area contributed by atoms with Gasteiger partial charge in [0.05, 0.1) is 26.4 Å². The lowest BCUT2D eigenvalue weighted by Crippen LogP contribution is -2.30. The summed E-state index contributed by atoms with van der Waals surface area (Å²) in [6, 6.07) is 0. The van der Waals surface area contributed by atoms with Crippen LogP contribution in [-0.2, 0) is 65.4 Å². The normalized spacial score (nSPS) is 14.5. The number of hydrogen-bond donors (Lipinski definition) is 3. The van der Waals surface area contributed by atoms with Crippen molar-refractivity contribution in [3.8, 4) is 0 Å². The van der Waals surface area contributed by atoms with Crippen molar-refractivity contribution in [2.45, 2.75) is 453 Å². The summed E-state index contributed by atoms with van der Waals surface area (Å²) >= 11 is 0. The maximum atomic E-state index is 13.1. The van der Waals surface area contributed by atoms with Crippen LogP contribution in [0.2, 0.25) is 0 Å². The van der Waals surface area contributed by atoms with Gasteiger partial charge in [0.2, 0.25) is 0 Å². The van der Waals surface area contributed by atoms with E-state index >= 15 is 0 Å². The van der Waals surface area contributed by atoms with Crippen LogP contribution in [0.3, 0.4) is 0 Å². The Morgan fingerprint density at radius 2 is 0.466 bits per heavy atom. The lowest BCUT2D eigenvalue weighted by Gasteiger charge is -2.21. The first-order valence-corrected chi connectivity index (χ1v) is 46.3. The number of phosphoric ester groups is 2. The van der Waals surface area contributed by atoms with E-state index in [1.165, 1.54) is 231 Å². The van der Waals surface area contributed by atoms with E-state index in [1.807, 2.05) is 0 Å². The minimum Gasteiger partial charge on any atom is -0.462 e. The van der Waals surface area contributed by atoms with Gasteiger partial charge >= 0.3 is 39.5 Å². The van der Waals surface area contributed by atoms with Gasteiger partial charge in [-0.15, -0.1) is 0 Å². The molecule has 0 fully saturated rings. The van der Waals surface area contributed by atoms with Gasteiger partial charge in [0.1, 0.15) is 19.3 Å². The number of aliphatic hydroxyl groups excluding tert-OH is 1. The highest BCUT2D eigenvalue weighted by atomic mass is 31.2. The molecule has 0 radical (unpaired) electrons. The van der Waals surface area contributed by atoms with Crippen LogP contribution < -0.4 is 0 Å². The Balaban J connectivity index is 5.21.